The Hall–Kier alpha value is -0.0800. The molecule has 4 aliphatic rings. The summed E-state index contributed by atoms with van der Waals surface area (Å²) in [6.45, 7) is 2.84. The first-order chi connectivity index (χ1) is 10.1. The van der Waals surface area contributed by atoms with Crippen molar-refractivity contribution in [1.82, 2.24) is 9.80 Å². The van der Waals surface area contributed by atoms with E-state index in [1.807, 2.05) is 0 Å². The third kappa shape index (κ3) is 2.47. The molecule has 1 spiro atoms. The van der Waals surface area contributed by atoms with Crippen molar-refractivity contribution in [3.05, 3.63) is 0 Å². The molecule has 0 aromatic heterocycles. The van der Waals surface area contributed by atoms with Crippen LogP contribution in [0.2, 0.25) is 0 Å². The molecule has 1 aliphatic heterocycles. The maximum atomic E-state index is 2.83. The summed E-state index contributed by atoms with van der Waals surface area (Å²) >= 11 is 0. The van der Waals surface area contributed by atoms with E-state index in [1.165, 1.54) is 83.7 Å². The zero-order valence-electron chi connectivity index (χ0n) is 14.2. The van der Waals surface area contributed by atoms with Crippen LogP contribution in [0.3, 0.4) is 0 Å². The lowest BCUT2D eigenvalue weighted by molar-refractivity contribution is -0.00243. The van der Waals surface area contributed by atoms with E-state index in [2.05, 4.69) is 23.9 Å². The van der Waals surface area contributed by atoms with Crippen molar-refractivity contribution < 1.29 is 0 Å². The summed E-state index contributed by atoms with van der Waals surface area (Å²) in [5.74, 6) is 0.991. The molecular weight excluding hydrogens is 256 g/mol. The minimum absolute atomic E-state index is 0.550. The number of hydrogen-bond acceptors (Lipinski definition) is 2. The molecule has 0 bridgehead atoms. The van der Waals surface area contributed by atoms with Crippen molar-refractivity contribution >= 4 is 0 Å². The summed E-state index contributed by atoms with van der Waals surface area (Å²) in [7, 11) is 4.73. The average Bonchev–Trinajstić information content (AvgIpc) is 3.02. The second kappa shape index (κ2) is 5.23. The highest BCUT2D eigenvalue weighted by atomic mass is 15.2. The van der Waals surface area contributed by atoms with Crippen LogP contribution in [0.4, 0.5) is 0 Å². The molecule has 21 heavy (non-hydrogen) atoms. The third-order valence-corrected chi connectivity index (χ3v) is 7.71. The van der Waals surface area contributed by atoms with Gasteiger partial charge in [-0.1, -0.05) is 12.8 Å². The number of likely N-dealkylation sites (tertiary alicyclic amines) is 1. The first-order valence-electron chi connectivity index (χ1n) is 9.55. The van der Waals surface area contributed by atoms with E-state index in [-0.39, 0.29) is 0 Å². The van der Waals surface area contributed by atoms with Crippen molar-refractivity contribution in [2.24, 2.45) is 11.3 Å². The van der Waals surface area contributed by atoms with E-state index in [1.54, 1.807) is 0 Å². The van der Waals surface area contributed by atoms with E-state index in [0.29, 0.717) is 11.0 Å². The first-order valence-corrected chi connectivity index (χ1v) is 9.55. The van der Waals surface area contributed by atoms with Crippen molar-refractivity contribution in [3.63, 3.8) is 0 Å². The molecule has 0 aromatic rings. The highest BCUT2D eigenvalue weighted by Crippen LogP contribution is 2.54. The predicted molar refractivity (Wildman–Crippen MR) is 88.5 cm³/mol. The van der Waals surface area contributed by atoms with Gasteiger partial charge in [0.05, 0.1) is 0 Å². The zero-order chi connectivity index (χ0) is 14.5. The molecule has 0 aromatic carbocycles. The van der Waals surface area contributed by atoms with E-state index in [9.17, 15) is 0 Å². The van der Waals surface area contributed by atoms with Gasteiger partial charge in [-0.3, -0.25) is 4.90 Å². The Morgan fingerprint density at radius 2 is 1.52 bits per heavy atom. The molecule has 2 heteroatoms. The topological polar surface area (TPSA) is 6.48 Å². The van der Waals surface area contributed by atoms with Gasteiger partial charge in [0.2, 0.25) is 0 Å². The first kappa shape index (κ1) is 14.5. The number of nitrogens with zero attached hydrogens (tertiary/aromatic N) is 2. The number of hydrogen-bond donors (Lipinski definition) is 0. The normalized spacial score (nSPS) is 42.4. The van der Waals surface area contributed by atoms with Gasteiger partial charge in [-0.2, -0.15) is 0 Å². The molecule has 120 valence electrons. The second-order valence-electron chi connectivity index (χ2n) is 8.93. The fourth-order valence-electron chi connectivity index (χ4n) is 6.03. The molecule has 0 radical (unpaired) electrons. The van der Waals surface area contributed by atoms with Gasteiger partial charge in [0, 0.05) is 18.1 Å². The summed E-state index contributed by atoms with van der Waals surface area (Å²) in [6.07, 6.45) is 16.4. The van der Waals surface area contributed by atoms with E-state index in [4.69, 9.17) is 0 Å². The Morgan fingerprint density at radius 3 is 2.10 bits per heavy atom. The van der Waals surface area contributed by atoms with Crippen LogP contribution in [-0.4, -0.2) is 48.6 Å². The van der Waals surface area contributed by atoms with Gasteiger partial charge in [-0.25, -0.2) is 0 Å². The van der Waals surface area contributed by atoms with Crippen LogP contribution in [0.5, 0.6) is 0 Å². The van der Waals surface area contributed by atoms with Crippen LogP contribution < -0.4 is 0 Å². The van der Waals surface area contributed by atoms with Crippen LogP contribution in [0.15, 0.2) is 0 Å². The lowest BCUT2D eigenvalue weighted by Gasteiger charge is -2.52. The minimum atomic E-state index is 0.550. The maximum absolute atomic E-state index is 2.83. The van der Waals surface area contributed by atoms with E-state index >= 15 is 0 Å². The second-order valence-corrected chi connectivity index (χ2v) is 8.93. The highest BCUT2D eigenvalue weighted by Gasteiger charge is 2.51. The molecule has 0 amide bonds. The molecule has 3 aliphatic carbocycles. The van der Waals surface area contributed by atoms with Crippen LogP contribution in [-0.2, 0) is 0 Å². The Morgan fingerprint density at radius 1 is 0.857 bits per heavy atom. The van der Waals surface area contributed by atoms with Gasteiger partial charge in [0.15, 0.2) is 0 Å². The molecule has 0 atom stereocenters. The van der Waals surface area contributed by atoms with Gasteiger partial charge in [0.25, 0.3) is 0 Å². The third-order valence-electron chi connectivity index (χ3n) is 7.71. The van der Waals surface area contributed by atoms with Gasteiger partial charge in [-0.15, -0.1) is 0 Å². The fourth-order valence-corrected chi connectivity index (χ4v) is 6.03. The molecule has 3 saturated carbocycles. The summed E-state index contributed by atoms with van der Waals surface area (Å²) in [6, 6.07) is 0.986. The van der Waals surface area contributed by atoms with Crippen LogP contribution in [0, 0.1) is 11.3 Å². The van der Waals surface area contributed by atoms with Crippen molar-refractivity contribution in [1.29, 1.82) is 0 Å². The Bertz CT molecular complexity index is 371. The van der Waals surface area contributed by atoms with Crippen molar-refractivity contribution in [2.75, 3.05) is 27.2 Å². The van der Waals surface area contributed by atoms with Crippen LogP contribution in [0.1, 0.15) is 70.6 Å². The van der Waals surface area contributed by atoms with Gasteiger partial charge >= 0.3 is 0 Å². The summed E-state index contributed by atoms with van der Waals surface area (Å²) in [5.41, 5.74) is 1.26. The Labute approximate surface area is 131 Å². The quantitative estimate of drug-likeness (QED) is 0.777. The smallest absolute Gasteiger partial charge is 0.0232 e. The summed E-state index contributed by atoms with van der Waals surface area (Å²) < 4.78 is 0. The van der Waals surface area contributed by atoms with Gasteiger partial charge < -0.3 is 4.90 Å². The molecule has 0 unspecified atom stereocenters. The standard InChI is InChI=1S/C19H34N2/c1-20(2)19(16-5-3-4-6-16)11-9-18(10-12-19)13-14-21(15-18)17-7-8-17/h16-17H,3-15H2,1-2H3. The van der Waals surface area contributed by atoms with Crippen molar-refractivity contribution in [2.45, 2.75) is 82.2 Å². The molecule has 1 heterocycles. The maximum Gasteiger partial charge on any atom is 0.0232 e. The average molecular weight is 290 g/mol. The van der Waals surface area contributed by atoms with Crippen LogP contribution in [0.25, 0.3) is 0 Å². The summed E-state index contributed by atoms with van der Waals surface area (Å²) in [5, 5.41) is 0. The van der Waals surface area contributed by atoms with Crippen LogP contribution >= 0.6 is 0 Å². The lowest BCUT2D eigenvalue weighted by Crippen LogP contribution is -2.54. The van der Waals surface area contributed by atoms with Gasteiger partial charge in [-0.05, 0) is 89.8 Å². The Balaban J connectivity index is 1.44. The van der Waals surface area contributed by atoms with E-state index < -0.39 is 0 Å². The monoisotopic (exact) mass is 290 g/mol. The molecule has 4 rings (SSSR count). The highest BCUT2D eigenvalue weighted by molar-refractivity contribution is 5.06. The molecular formula is C19H34N2. The minimum Gasteiger partial charge on any atom is -0.303 e. The SMILES string of the molecule is CN(C)C1(C2CCCC2)CCC2(CCN(C3CC3)C2)CC1. The summed E-state index contributed by atoms with van der Waals surface area (Å²) in [4.78, 5) is 5.46. The molecule has 1 saturated heterocycles. The Kier molecular flexibility index (Phi) is 3.61. The molecule has 2 nitrogen and oxygen atoms in total. The fraction of sp³-hybridized carbons (Fsp3) is 1.00. The van der Waals surface area contributed by atoms with Gasteiger partial charge in [0.1, 0.15) is 0 Å². The lowest BCUT2D eigenvalue weighted by atomic mass is 9.62. The van der Waals surface area contributed by atoms with E-state index in [0.717, 1.165) is 12.0 Å². The predicted octanol–water partition coefficient (Wildman–Crippen LogP) is 3.91. The molecule has 0 N–H and O–H groups in total. The molecule has 4 fully saturated rings. The zero-order valence-corrected chi connectivity index (χ0v) is 14.2. The van der Waals surface area contributed by atoms with Crippen molar-refractivity contribution in [3.8, 4) is 0 Å². The number of rotatable bonds is 3. The largest absolute Gasteiger partial charge is 0.303 e.